The second kappa shape index (κ2) is 9.89. The van der Waals surface area contributed by atoms with Gasteiger partial charge in [-0.3, -0.25) is 4.90 Å². The maximum Gasteiger partial charge on any atom is 0.410 e. The van der Waals surface area contributed by atoms with E-state index in [0.717, 1.165) is 31.9 Å². The molecule has 1 N–H and O–H groups in total. The van der Waals surface area contributed by atoms with Crippen LogP contribution in [0.25, 0.3) is 0 Å². The number of amides is 1. The SMILES string of the molecule is COC(=O)N1C(C=O)CC(NS(C)(=O)=O)C1CO[C@H]1CC[C@@H](c2ccccc2)CC1. The minimum Gasteiger partial charge on any atom is -0.453 e. The monoisotopic (exact) mass is 438 g/mol. The molecule has 0 radical (unpaired) electrons. The van der Waals surface area contributed by atoms with Gasteiger partial charge in [-0.15, -0.1) is 0 Å². The van der Waals surface area contributed by atoms with E-state index in [1.54, 1.807) is 0 Å². The molecule has 9 heteroatoms. The van der Waals surface area contributed by atoms with Crippen LogP contribution in [0, 0.1) is 0 Å². The summed E-state index contributed by atoms with van der Waals surface area (Å²) in [4.78, 5) is 25.1. The summed E-state index contributed by atoms with van der Waals surface area (Å²) >= 11 is 0. The molecule has 0 spiro atoms. The first-order valence-electron chi connectivity index (χ1n) is 10.3. The van der Waals surface area contributed by atoms with E-state index in [2.05, 4.69) is 29.0 Å². The Morgan fingerprint density at radius 2 is 1.87 bits per heavy atom. The fraction of sp³-hybridized carbons (Fsp3) is 0.619. The van der Waals surface area contributed by atoms with E-state index in [4.69, 9.17) is 9.47 Å². The van der Waals surface area contributed by atoms with Crippen LogP contribution in [0.4, 0.5) is 4.79 Å². The number of benzene rings is 1. The Morgan fingerprint density at radius 3 is 2.43 bits per heavy atom. The Bertz CT molecular complexity index is 823. The standard InChI is InChI=1S/C21H30N2O6S/c1-28-21(25)23-17(13-24)12-19(22-30(2,26)27)20(23)14-29-18-10-8-16(9-11-18)15-6-4-3-5-7-15/h3-7,13,16-20,22H,8-12,14H2,1-2H3/t16-,17?,18+,19?,20?. The quantitative estimate of drug-likeness (QED) is 0.654. The molecule has 1 saturated heterocycles. The molecule has 3 unspecified atom stereocenters. The van der Waals surface area contributed by atoms with Crippen molar-refractivity contribution >= 4 is 22.4 Å². The Hall–Kier alpha value is -1.97. The Kier molecular flexibility index (Phi) is 7.49. The molecular weight excluding hydrogens is 408 g/mol. The van der Waals surface area contributed by atoms with E-state index in [9.17, 15) is 18.0 Å². The smallest absolute Gasteiger partial charge is 0.410 e. The second-order valence-electron chi connectivity index (χ2n) is 8.10. The third-order valence-corrected chi connectivity index (χ3v) is 6.76. The van der Waals surface area contributed by atoms with Crippen molar-refractivity contribution in [2.45, 2.75) is 62.3 Å². The molecule has 1 saturated carbocycles. The predicted octanol–water partition coefficient (Wildman–Crippen LogP) is 2.06. The summed E-state index contributed by atoms with van der Waals surface area (Å²) in [6.07, 6.45) is 5.11. The third-order valence-electron chi connectivity index (χ3n) is 6.03. The van der Waals surface area contributed by atoms with Gasteiger partial charge in [0.15, 0.2) is 0 Å². The zero-order chi connectivity index (χ0) is 21.7. The van der Waals surface area contributed by atoms with Crippen molar-refractivity contribution in [3.63, 3.8) is 0 Å². The fourth-order valence-electron chi connectivity index (χ4n) is 4.59. The van der Waals surface area contributed by atoms with Crippen LogP contribution in [0.1, 0.15) is 43.6 Å². The number of nitrogens with zero attached hydrogens (tertiary/aromatic N) is 1. The Labute approximate surface area is 178 Å². The van der Waals surface area contributed by atoms with Crippen molar-refractivity contribution in [2.75, 3.05) is 20.0 Å². The maximum atomic E-state index is 12.3. The van der Waals surface area contributed by atoms with Crippen LogP contribution in [0.2, 0.25) is 0 Å². The van der Waals surface area contributed by atoms with E-state index < -0.39 is 34.2 Å². The molecule has 2 aliphatic rings. The summed E-state index contributed by atoms with van der Waals surface area (Å²) in [7, 11) is -2.27. The van der Waals surface area contributed by atoms with Crippen molar-refractivity contribution in [1.29, 1.82) is 0 Å². The number of hydrogen-bond acceptors (Lipinski definition) is 6. The topological polar surface area (TPSA) is 102 Å². The van der Waals surface area contributed by atoms with Gasteiger partial charge >= 0.3 is 6.09 Å². The lowest BCUT2D eigenvalue weighted by Gasteiger charge is -2.33. The van der Waals surface area contributed by atoms with E-state index in [-0.39, 0.29) is 19.1 Å². The van der Waals surface area contributed by atoms with Crippen molar-refractivity contribution in [2.24, 2.45) is 0 Å². The molecule has 1 aliphatic carbocycles. The molecule has 3 rings (SSSR count). The number of methoxy groups -OCH3 is 1. The minimum atomic E-state index is -3.51. The Morgan fingerprint density at radius 1 is 1.20 bits per heavy atom. The summed E-state index contributed by atoms with van der Waals surface area (Å²) in [6, 6.07) is 8.47. The molecule has 2 fully saturated rings. The third kappa shape index (κ3) is 5.59. The average Bonchev–Trinajstić information content (AvgIpc) is 3.08. The van der Waals surface area contributed by atoms with Gasteiger partial charge < -0.3 is 14.3 Å². The van der Waals surface area contributed by atoms with Crippen LogP contribution >= 0.6 is 0 Å². The zero-order valence-electron chi connectivity index (χ0n) is 17.4. The molecular formula is C21H30N2O6S. The molecule has 30 heavy (non-hydrogen) atoms. The van der Waals surface area contributed by atoms with Crippen LogP contribution in [0.3, 0.4) is 0 Å². The van der Waals surface area contributed by atoms with E-state index in [0.29, 0.717) is 12.2 Å². The number of nitrogens with one attached hydrogen (secondary N) is 1. The van der Waals surface area contributed by atoms with Crippen molar-refractivity contribution in [1.82, 2.24) is 9.62 Å². The average molecular weight is 439 g/mol. The van der Waals surface area contributed by atoms with Crippen molar-refractivity contribution < 1.29 is 27.5 Å². The van der Waals surface area contributed by atoms with Crippen molar-refractivity contribution in [3.05, 3.63) is 35.9 Å². The van der Waals surface area contributed by atoms with Crippen LogP contribution < -0.4 is 4.72 Å². The zero-order valence-corrected chi connectivity index (χ0v) is 18.2. The second-order valence-corrected chi connectivity index (χ2v) is 9.88. The first kappa shape index (κ1) is 22.7. The first-order valence-corrected chi connectivity index (χ1v) is 12.2. The summed E-state index contributed by atoms with van der Waals surface area (Å²) in [5, 5.41) is 0. The molecule has 1 aliphatic heterocycles. The summed E-state index contributed by atoms with van der Waals surface area (Å²) in [6.45, 7) is 0.146. The fourth-order valence-corrected chi connectivity index (χ4v) is 5.39. The van der Waals surface area contributed by atoms with Crippen LogP contribution in [0.15, 0.2) is 30.3 Å². The van der Waals surface area contributed by atoms with Crippen LogP contribution in [-0.4, -0.2) is 69.9 Å². The number of hydrogen-bond donors (Lipinski definition) is 1. The Balaban J connectivity index is 1.63. The van der Waals surface area contributed by atoms with Gasteiger partial charge in [0.25, 0.3) is 0 Å². The summed E-state index contributed by atoms with van der Waals surface area (Å²) in [5.74, 6) is 0.517. The summed E-state index contributed by atoms with van der Waals surface area (Å²) < 4.78 is 37.0. The molecule has 3 atom stereocenters. The summed E-state index contributed by atoms with van der Waals surface area (Å²) in [5.41, 5.74) is 1.34. The molecule has 1 heterocycles. The molecule has 8 nitrogen and oxygen atoms in total. The number of rotatable bonds is 7. The number of sulfonamides is 1. The molecule has 166 valence electrons. The van der Waals surface area contributed by atoms with Crippen molar-refractivity contribution in [3.8, 4) is 0 Å². The molecule has 0 bridgehead atoms. The van der Waals surface area contributed by atoms with Gasteiger partial charge in [-0.05, 0) is 43.6 Å². The van der Waals surface area contributed by atoms with E-state index in [1.807, 2.05) is 6.07 Å². The van der Waals surface area contributed by atoms with Gasteiger partial charge in [-0.2, -0.15) is 0 Å². The number of ether oxygens (including phenoxy) is 2. The minimum absolute atomic E-state index is 0.0404. The van der Waals surface area contributed by atoms with Gasteiger partial charge in [0.05, 0.1) is 38.2 Å². The number of carbonyl (C=O) groups excluding carboxylic acids is 2. The number of likely N-dealkylation sites (tertiary alicyclic amines) is 1. The van der Waals surface area contributed by atoms with Gasteiger partial charge in [-0.1, -0.05) is 30.3 Å². The predicted molar refractivity (Wildman–Crippen MR) is 112 cm³/mol. The van der Waals surface area contributed by atoms with Gasteiger partial charge in [0.2, 0.25) is 10.0 Å². The normalized spacial score (nSPS) is 29.5. The van der Waals surface area contributed by atoms with Crippen LogP contribution in [0.5, 0.6) is 0 Å². The maximum absolute atomic E-state index is 12.3. The van der Waals surface area contributed by atoms with Gasteiger partial charge in [0, 0.05) is 6.04 Å². The highest BCUT2D eigenvalue weighted by molar-refractivity contribution is 7.88. The van der Waals surface area contributed by atoms with Crippen LogP contribution in [-0.2, 0) is 24.3 Å². The first-order chi connectivity index (χ1) is 14.3. The highest BCUT2D eigenvalue weighted by Crippen LogP contribution is 2.34. The molecule has 1 aromatic carbocycles. The largest absolute Gasteiger partial charge is 0.453 e. The number of carbonyl (C=O) groups is 2. The lowest BCUT2D eigenvalue weighted by molar-refractivity contribution is -0.111. The molecule has 0 aromatic heterocycles. The van der Waals surface area contributed by atoms with Gasteiger partial charge in [-0.25, -0.2) is 17.9 Å². The number of aldehydes is 1. The highest BCUT2D eigenvalue weighted by Gasteiger charge is 2.46. The molecule has 1 amide bonds. The van der Waals surface area contributed by atoms with Gasteiger partial charge in [0.1, 0.15) is 6.29 Å². The van der Waals surface area contributed by atoms with E-state index >= 15 is 0 Å². The molecule has 1 aromatic rings. The lowest BCUT2D eigenvalue weighted by atomic mass is 9.83. The highest BCUT2D eigenvalue weighted by atomic mass is 32.2. The van der Waals surface area contributed by atoms with E-state index in [1.165, 1.54) is 17.6 Å². The lowest BCUT2D eigenvalue weighted by Crippen LogP contribution is -2.50.